The second-order valence-corrected chi connectivity index (χ2v) is 5.52. The zero-order valence-corrected chi connectivity index (χ0v) is 11.8. The quantitative estimate of drug-likeness (QED) is 0.671. The van der Waals surface area contributed by atoms with E-state index in [0.717, 1.165) is 31.2 Å². The average Bonchev–Trinajstić information content (AvgIpc) is 2.90. The molecule has 1 saturated carbocycles. The number of nitro benzene ring substituents is 1. The van der Waals surface area contributed by atoms with Gasteiger partial charge in [-0.25, -0.2) is 0 Å². The minimum absolute atomic E-state index is 0.113. The van der Waals surface area contributed by atoms with Crippen molar-refractivity contribution in [1.82, 2.24) is 0 Å². The lowest BCUT2D eigenvalue weighted by atomic mass is 9.88. The predicted octanol–water partition coefficient (Wildman–Crippen LogP) is 3.75. The van der Waals surface area contributed by atoms with Crippen LogP contribution in [-0.4, -0.2) is 16.0 Å². The fourth-order valence-corrected chi connectivity index (χ4v) is 3.15. The maximum absolute atomic E-state index is 11.4. The van der Waals surface area contributed by atoms with Crippen molar-refractivity contribution in [3.63, 3.8) is 0 Å². The molecule has 1 aromatic rings. The minimum atomic E-state index is -0.962. The lowest BCUT2D eigenvalue weighted by molar-refractivity contribution is -0.386. The van der Waals surface area contributed by atoms with Gasteiger partial charge in [0, 0.05) is 11.1 Å². The summed E-state index contributed by atoms with van der Waals surface area (Å²) in [5.41, 5.74) is 1.91. The molecule has 1 N–H and O–H groups in total. The molecule has 0 radical (unpaired) electrons. The van der Waals surface area contributed by atoms with E-state index in [0.29, 0.717) is 11.1 Å². The van der Waals surface area contributed by atoms with Crippen molar-refractivity contribution in [2.75, 3.05) is 0 Å². The van der Waals surface area contributed by atoms with Crippen molar-refractivity contribution < 1.29 is 14.8 Å². The van der Waals surface area contributed by atoms with Gasteiger partial charge in [0.1, 0.15) is 0 Å². The Morgan fingerprint density at radius 2 is 2.00 bits per heavy atom. The number of carbonyl (C=O) groups is 1. The van der Waals surface area contributed by atoms with Gasteiger partial charge in [0.15, 0.2) is 0 Å². The molecule has 1 fully saturated rings. The van der Waals surface area contributed by atoms with Gasteiger partial charge in [-0.05, 0) is 38.2 Å². The van der Waals surface area contributed by atoms with Crippen molar-refractivity contribution in [2.45, 2.75) is 51.4 Å². The van der Waals surface area contributed by atoms with Crippen LogP contribution < -0.4 is 0 Å². The number of benzene rings is 1. The lowest BCUT2D eigenvalue weighted by Gasteiger charge is -2.16. The molecule has 108 valence electrons. The normalized spacial score (nSPS) is 17.1. The Balaban J connectivity index is 2.53. The molecule has 2 rings (SSSR count). The summed E-state index contributed by atoms with van der Waals surface area (Å²) < 4.78 is 0. The van der Waals surface area contributed by atoms with E-state index in [1.807, 2.05) is 0 Å². The summed E-state index contributed by atoms with van der Waals surface area (Å²) in [6.07, 6.45) is 4.17. The maximum Gasteiger partial charge on any atom is 0.310 e. The first-order valence-corrected chi connectivity index (χ1v) is 6.94. The van der Waals surface area contributed by atoms with E-state index in [1.54, 1.807) is 26.0 Å². The number of nitro groups is 1. The third-order valence-electron chi connectivity index (χ3n) is 4.32. The van der Waals surface area contributed by atoms with Gasteiger partial charge in [-0.1, -0.05) is 25.0 Å². The van der Waals surface area contributed by atoms with Crippen molar-refractivity contribution in [2.24, 2.45) is 0 Å². The van der Waals surface area contributed by atoms with E-state index in [9.17, 15) is 14.9 Å². The highest BCUT2D eigenvalue weighted by Crippen LogP contribution is 2.41. The van der Waals surface area contributed by atoms with Crippen LogP contribution in [0.4, 0.5) is 5.69 Å². The number of aliphatic carboxylic acids is 1. The second kappa shape index (κ2) is 5.61. The van der Waals surface area contributed by atoms with Crippen LogP contribution in [0.3, 0.4) is 0 Å². The topological polar surface area (TPSA) is 80.4 Å². The van der Waals surface area contributed by atoms with Crippen molar-refractivity contribution in [3.8, 4) is 0 Å². The van der Waals surface area contributed by atoms with Crippen LogP contribution >= 0.6 is 0 Å². The minimum Gasteiger partial charge on any atom is -0.481 e. The number of hydrogen-bond donors (Lipinski definition) is 1. The Morgan fingerprint density at radius 3 is 2.50 bits per heavy atom. The van der Waals surface area contributed by atoms with Crippen LogP contribution in [0.2, 0.25) is 0 Å². The molecule has 1 unspecified atom stereocenters. The van der Waals surface area contributed by atoms with Gasteiger partial charge >= 0.3 is 5.97 Å². The Labute approximate surface area is 117 Å². The van der Waals surface area contributed by atoms with Gasteiger partial charge in [0.2, 0.25) is 0 Å². The molecule has 0 aliphatic heterocycles. The molecular weight excluding hydrogens is 258 g/mol. The molecule has 1 aromatic carbocycles. The predicted molar refractivity (Wildman–Crippen MR) is 75.1 cm³/mol. The van der Waals surface area contributed by atoms with Crippen molar-refractivity contribution in [1.29, 1.82) is 0 Å². The highest BCUT2D eigenvalue weighted by atomic mass is 16.6. The molecule has 1 aliphatic rings. The third-order valence-corrected chi connectivity index (χ3v) is 4.32. The van der Waals surface area contributed by atoms with Gasteiger partial charge in [-0.15, -0.1) is 0 Å². The van der Waals surface area contributed by atoms with Gasteiger partial charge in [0.25, 0.3) is 5.69 Å². The largest absolute Gasteiger partial charge is 0.481 e. The van der Waals surface area contributed by atoms with E-state index >= 15 is 0 Å². The van der Waals surface area contributed by atoms with Crippen molar-refractivity contribution in [3.05, 3.63) is 38.9 Å². The van der Waals surface area contributed by atoms with Crippen LogP contribution in [0.15, 0.2) is 12.1 Å². The Hall–Kier alpha value is -1.91. The van der Waals surface area contributed by atoms with E-state index < -0.39 is 11.9 Å². The number of nitrogens with zero attached hydrogens (tertiary/aromatic N) is 1. The summed E-state index contributed by atoms with van der Waals surface area (Å²) in [7, 11) is 0. The molecule has 0 aromatic heterocycles. The van der Waals surface area contributed by atoms with E-state index in [4.69, 9.17) is 5.11 Å². The van der Waals surface area contributed by atoms with Crippen molar-refractivity contribution >= 4 is 11.7 Å². The summed E-state index contributed by atoms with van der Waals surface area (Å²) in [6.45, 7) is 3.22. The third kappa shape index (κ3) is 2.53. The van der Waals surface area contributed by atoms with E-state index in [1.165, 1.54) is 0 Å². The molecule has 0 saturated heterocycles. The van der Waals surface area contributed by atoms with Gasteiger partial charge in [-0.3, -0.25) is 14.9 Å². The Bertz CT molecular complexity index is 547. The zero-order chi connectivity index (χ0) is 14.9. The SMILES string of the molecule is Cc1c(C(C)C(=O)O)ccc(C2CCCC2)c1[N+](=O)[O-]. The maximum atomic E-state index is 11.4. The van der Waals surface area contributed by atoms with Crippen LogP contribution in [0.5, 0.6) is 0 Å². The molecule has 0 amide bonds. The molecule has 20 heavy (non-hydrogen) atoms. The number of rotatable bonds is 4. The zero-order valence-electron chi connectivity index (χ0n) is 11.8. The summed E-state index contributed by atoms with van der Waals surface area (Å²) >= 11 is 0. The molecule has 0 bridgehead atoms. The Morgan fingerprint density at radius 1 is 1.40 bits per heavy atom. The fraction of sp³-hybridized carbons (Fsp3) is 0.533. The van der Waals surface area contributed by atoms with E-state index in [2.05, 4.69) is 0 Å². The first-order chi connectivity index (χ1) is 9.43. The van der Waals surface area contributed by atoms with Crippen LogP contribution in [0.1, 0.15) is 61.1 Å². The van der Waals surface area contributed by atoms with E-state index in [-0.39, 0.29) is 16.5 Å². The molecule has 0 heterocycles. The number of hydrogen-bond acceptors (Lipinski definition) is 3. The molecule has 5 heteroatoms. The summed E-state index contributed by atoms with van der Waals surface area (Å²) in [4.78, 5) is 22.1. The first kappa shape index (κ1) is 14.5. The molecule has 5 nitrogen and oxygen atoms in total. The summed E-state index contributed by atoms with van der Waals surface area (Å²) in [5, 5.41) is 20.5. The highest BCUT2D eigenvalue weighted by Gasteiger charge is 2.30. The Kier molecular flexibility index (Phi) is 4.06. The average molecular weight is 277 g/mol. The standard InChI is InChI=1S/C15H19NO4/c1-9-12(10(2)15(17)18)7-8-13(14(9)16(19)20)11-5-3-4-6-11/h7-8,10-11H,3-6H2,1-2H3,(H,17,18). The van der Waals surface area contributed by atoms with Crippen LogP contribution in [0, 0.1) is 17.0 Å². The number of carboxylic acids is 1. The van der Waals surface area contributed by atoms with Crippen LogP contribution in [0.25, 0.3) is 0 Å². The molecule has 1 atom stereocenters. The molecular formula is C15H19NO4. The first-order valence-electron chi connectivity index (χ1n) is 6.94. The number of carboxylic acid groups (broad SMARTS) is 1. The lowest BCUT2D eigenvalue weighted by Crippen LogP contribution is -2.11. The van der Waals surface area contributed by atoms with Gasteiger partial charge < -0.3 is 5.11 Å². The highest BCUT2D eigenvalue weighted by molar-refractivity contribution is 5.77. The summed E-state index contributed by atoms with van der Waals surface area (Å²) in [6, 6.07) is 3.50. The van der Waals surface area contributed by atoms with Gasteiger partial charge in [-0.2, -0.15) is 0 Å². The monoisotopic (exact) mass is 277 g/mol. The smallest absolute Gasteiger partial charge is 0.310 e. The fourth-order valence-electron chi connectivity index (χ4n) is 3.15. The molecule has 0 spiro atoms. The second-order valence-electron chi connectivity index (χ2n) is 5.52. The molecule has 1 aliphatic carbocycles. The summed E-state index contributed by atoms with van der Waals surface area (Å²) in [5.74, 6) is -1.45. The van der Waals surface area contributed by atoms with Crippen LogP contribution in [-0.2, 0) is 4.79 Å². The van der Waals surface area contributed by atoms with Gasteiger partial charge in [0.05, 0.1) is 10.8 Å².